The van der Waals surface area contributed by atoms with Crippen LogP contribution in [0.25, 0.3) is 11.4 Å². The van der Waals surface area contributed by atoms with Crippen molar-refractivity contribution in [3.63, 3.8) is 0 Å². The van der Waals surface area contributed by atoms with E-state index >= 15 is 0 Å². The molecular formula is C15H11N7O3S2. The summed E-state index contributed by atoms with van der Waals surface area (Å²) in [5.41, 5.74) is 0.493. The second-order valence-corrected chi connectivity index (χ2v) is 7.28. The number of hydrogen-bond acceptors (Lipinski definition) is 10. The minimum Gasteiger partial charge on any atom is -0.338 e. The van der Waals surface area contributed by atoms with E-state index < -0.39 is 4.92 Å². The van der Waals surface area contributed by atoms with Crippen LogP contribution in [0.4, 0.5) is 5.69 Å². The molecule has 0 saturated carbocycles. The summed E-state index contributed by atoms with van der Waals surface area (Å²) in [6.07, 6.45) is 0. The Balaban J connectivity index is 1.44. The van der Waals surface area contributed by atoms with Gasteiger partial charge in [0.2, 0.25) is 16.9 Å². The number of benzene rings is 1. The highest BCUT2D eigenvalue weighted by atomic mass is 32.2. The van der Waals surface area contributed by atoms with Crippen molar-refractivity contribution >= 4 is 28.8 Å². The summed E-state index contributed by atoms with van der Waals surface area (Å²) >= 11 is 3.01. The van der Waals surface area contributed by atoms with Gasteiger partial charge in [0.15, 0.2) is 0 Å². The first-order valence-corrected chi connectivity index (χ1v) is 9.54. The highest BCUT2D eigenvalue weighted by Crippen LogP contribution is 2.24. The second kappa shape index (κ2) is 7.63. The van der Waals surface area contributed by atoms with Crippen LogP contribution in [0.3, 0.4) is 0 Å². The third-order valence-electron chi connectivity index (χ3n) is 3.49. The van der Waals surface area contributed by atoms with Crippen molar-refractivity contribution in [2.45, 2.75) is 17.5 Å². The van der Waals surface area contributed by atoms with Gasteiger partial charge in [-0.25, -0.2) is 4.68 Å². The van der Waals surface area contributed by atoms with Crippen molar-refractivity contribution in [3.8, 4) is 11.4 Å². The maximum atomic E-state index is 10.9. The van der Waals surface area contributed by atoms with Crippen LogP contribution in [0.1, 0.15) is 10.8 Å². The van der Waals surface area contributed by atoms with Gasteiger partial charge in [0, 0.05) is 22.6 Å². The molecule has 3 heterocycles. The molecule has 0 radical (unpaired) electrons. The number of hydrogen-bond donors (Lipinski definition) is 0. The second-order valence-electron chi connectivity index (χ2n) is 5.31. The zero-order chi connectivity index (χ0) is 18.6. The molecule has 0 amide bonds. The first-order valence-electron chi connectivity index (χ1n) is 7.68. The average Bonchev–Trinajstić information content (AvgIpc) is 3.43. The van der Waals surface area contributed by atoms with Crippen LogP contribution in [-0.4, -0.2) is 35.3 Å². The Morgan fingerprint density at radius 3 is 3.04 bits per heavy atom. The van der Waals surface area contributed by atoms with Crippen LogP contribution >= 0.6 is 23.1 Å². The smallest absolute Gasteiger partial charge is 0.270 e. The molecule has 0 spiro atoms. The number of nitro benzene ring substituents is 1. The van der Waals surface area contributed by atoms with E-state index in [1.807, 2.05) is 17.5 Å². The molecule has 27 heavy (non-hydrogen) atoms. The van der Waals surface area contributed by atoms with E-state index in [2.05, 4.69) is 25.7 Å². The molecular weight excluding hydrogens is 390 g/mol. The van der Waals surface area contributed by atoms with Gasteiger partial charge in [-0.3, -0.25) is 10.1 Å². The summed E-state index contributed by atoms with van der Waals surface area (Å²) in [6, 6.07) is 10.1. The van der Waals surface area contributed by atoms with Gasteiger partial charge in [0.1, 0.15) is 0 Å². The van der Waals surface area contributed by atoms with Crippen molar-refractivity contribution in [2.75, 3.05) is 0 Å². The zero-order valence-electron chi connectivity index (χ0n) is 13.6. The summed E-state index contributed by atoms with van der Waals surface area (Å²) < 4.78 is 6.94. The minimum atomic E-state index is -0.465. The Hall–Kier alpha value is -3.12. The Labute approximate surface area is 160 Å². The fraction of sp³-hybridized carbons (Fsp3) is 0.133. The van der Waals surface area contributed by atoms with Gasteiger partial charge in [-0.05, 0) is 21.9 Å². The lowest BCUT2D eigenvalue weighted by atomic mass is 10.2. The van der Waals surface area contributed by atoms with Gasteiger partial charge in [0.25, 0.3) is 5.69 Å². The van der Waals surface area contributed by atoms with Crippen molar-refractivity contribution in [1.82, 2.24) is 30.3 Å². The molecule has 0 N–H and O–H groups in total. The topological polar surface area (TPSA) is 126 Å². The van der Waals surface area contributed by atoms with Crippen molar-refractivity contribution in [3.05, 3.63) is 62.7 Å². The number of nitrogens with zero attached hydrogens (tertiary/aromatic N) is 7. The summed E-state index contributed by atoms with van der Waals surface area (Å²) in [4.78, 5) is 15.9. The SMILES string of the molecule is O=[N+]([O-])c1cccc(-c2noc(CSc3nnnn3Cc3cccs3)n2)c1. The van der Waals surface area contributed by atoms with E-state index in [4.69, 9.17) is 4.52 Å². The van der Waals surface area contributed by atoms with Crippen molar-refractivity contribution in [2.24, 2.45) is 0 Å². The molecule has 0 unspecified atom stereocenters. The van der Waals surface area contributed by atoms with Gasteiger partial charge in [-0.2, -0.15) is 4.98 Å². The lowest BCUT2D eigenvalue weighted by Crippen LogP contribution is -2.02. The largest absolute Gasteiger partial charge is 0.338 e. The molecule has 0 atom stereocenters. The maximum absolute atomic E-state index is 10.9. The number of thioether (sulfide) groups is 1. The minimum absolute atomic E-state index is 0.0269. The standard InChI is InChI=1S/C15H11N7O3S2/c23-22(24)11-4-1-3-10(7-11)14-16-13(25-18-14)9-27-15-17-19-20-21(15)8-12-5-2-6-26-12/h1-7H,8-9H2. The summed E-state index contributed by atoms with van der Waals surface area (Å²) in [5, 5.41) is 29.1. The highest BCUT2D eigenvalue weighted by Gasteiger charge is 2.14. The predicted octanol–water partition coefficient (Wildman–Crippen LogP) is 3.03. The van der Waals surface area contributed by atoms with Crippen LogP contribution in [-0.2, 0) is 12.3 Å². The molecule has 1 aromatic carbocycles. The first-order chi connectivity index (χ1) is 13.2. The third kappa shape index (κ3) is 4.01. The fourth-order valence-electron chi connectivity index (χ4n) is 2.26. The summed E-state index contributed by atoms with van der Waals surface area (Å²) in [6.45, 7) is 0.593. The third-order valence-corrected chi connectivity index (χ3v) is 5.30. The van der Waals surface area contributed by atoms with Crippen LogP contribution < -0.4 is 0 Å². The molecule has 0 aliphatic heterocycles. The zero-order valence-corrected chi connectivity index (χ0v) is 15.3. The van der Waals surface area contributed by atoms with E-state index in [9.17, 15) is 10.1 Å². The van der Waals surface area contributed by atoms with Crippen LogP contribution in [0.15, 0.2) is 51.5 Å². The Morgan fingerprint density at radius 1 is 1.30 bits per heavy atom. The molecule has 0 bridgehead atoms. The van der Waals surface area contributed by atoms with Crippen LogP contribution in [0, 0.1) is 10.1 Å². The number of rotatable bonds is 7. The predicted molar refractivity (Wildman–Crippen MR) is 97.2 cm³/mol. The molecule has 4 rings (SSSR count). The van der Waals surface area contributed by atoms with Gasteiger partial charge in [-0.1, -0.05) is 35.1 Å². The van der Waals surface area contributed by atoms with Gasteiger partial charge in [0.05, 0.1) is 17.2 Å². The Kier molecular flexibility index (Phi) is 4.89. The van der Waals surface area contributed by atoms with Crippen LogP contribution in [0.2, 0.25) is 0 Å². The summed E-state index contributed by atoms with van der Waals surface area (Å²) in [7, 11) is 0. The van der Waals surface area contributed by atoms with Gasteiger partial charge < -0.3 is 4.52 Å². The number of tetrazole rings is 1. The van der Waals surface area contributed by atoms with E-state index in [1.54, 1.807) is 28.2 Å². The molecule has 0 fully saturated rings. The summed E-state index contributed by atoms with van der Waals surface area (Å²) in [5.74, 6) is 1.06. The molecule has 0 aliphatic carbocycles. The molecule has 136 valence electrons. The molecule has 4 aromatic rings. The number of non-ortho nitro benzene ring substituents is 1. The lowest BCUT2D eigenvalue weighted by molar-refractivity contribution is -0.384. The van der Waals surface area contributed by atoms with E-state index in [-0.39, 0.29) is 5.69 Å². The number of aromatic nitrogens is 6. The average molecular weight is 401 g/mol. The molecule has 12 heteroatoms. The monoisotopic (exact) mass is 401 g/mol. The molecule has 3 aromatic heterocycles. The van der Waals surface area contributed by atoms with E-state index in [0.717, 1.165) is 4.88 Å². The van der Waals surface area contributed by atoms with E-state index in [1.165, 1.54) is 23.9 Å². The fourth-order valence-corrected chi connectivity index (χ4v) is 3.66. The lowest BCUT2D eigenvalue weighted by Gasteiger charge is -2.00. The van der Waals surface area contributed by atoms with E-state index in [0.29, 0.717) is 34.7 Å². The first kappa shape index (κ1) is 17.3. The number of thiophene rings is 1. The normalized spacial score (nSPS) is 11.0. The van der Waals surface area contributed by atoms with Crippen LogP contribution in [0.5, 0.6) is 0 Å². The molecule has 0 saturated heterocycles. The molecule has 10 nitrogen and oxygen atoms in total. The molecule has 0 aliphatic rings. The quantitative estimate of drug-likeness (QED) is 0.261. The van der Waals surface area contributed by atoms with Gasteiger partial charge in [-0.15, -0.1) is 16.4 Å². The Bertz CT molecular complexity index is 1060. The van der Waals surface area contributed by atoms with Crippen molar-refractivity contribution in [1.29, 1.82) is 0 Å². The Morgan fingerprint density at radius 2 is 2.22 bits per heavy atom. The highest BCUT2D eigenvalue weighted by molar-refractivity contribution is 7.98. The van der Waals surface area contributed by atoms with Gasteiger partial charge >= 0.3 is 0 Å². The maximum Gasteiger partial charge on any atom is 0.270 e. The number of nitro groups is 1. The van der Waals surface area contributed by atoms with Crippen molar-refractivity contribution < 1.29 is 9.45 Å².